The average molecular weight is 272 g/mol. The van der Waals surface area contributed by atoms with Gasteiger partial charge in [0.1, 0.15) is 11.3 Å². The number of carboxylic acids is 1. The molecule has 0 atom stereocenters. The first-order chi connectivity index (χ1) is 9.77. The van der Waals surface area contributed by atoms with Gasteiger partial charge in [0, 0.05) is 18.9 Å². The zero-order valence-corrected chi connectivity index (χ0v) is 11.0. The number of hydrogen-bond acceptors (Lipinski definition) is 4. The Balaban J connectivity index is 1.75. The Bertz CT molecular complexity index is 558. The molecule has 0 unspecified atom stereocenters. The van der Waals surface area contributed by atoms with Crippen LogP contribution in [0, 0.1) is 0 Å². The number of carbonyl (C=O) groups is 1. The van der Waals surface area contributed by atoms with Crippen molar-refractivity contribution >= 4 is 11.7 Å². The van der Waals surface area contributed by atoms with Crippen LogP contribution in [0.15, 0.2) is 48.8 Å². The molecule has 2 rings (SSSR count). The fraction of sp³-hybridized carbons (Fsp3) is 0.200. The van der Waals surface area contributed by atoms with E-state index < -0.39 is 5.97 Å². The summed E-state index contributed by atoms with van der Waals surface area (Å²) < 4.78 is 5.55. The van der Waals surface area contributed by atoms with Crippen molar-refractivity contribution in [1.82, 2.24) is 4.98 Å². The number of aromatic nitrogens is 1. The maximum absolute atomic E-state index is 11.0. The van der Waals surface area contributed by atoms with Crippen molar-refractivity contribution in [1.29, 1.82) is 0 Å². The smallest absolute Gasteiger partial charge is 0.339 e. The fourth-order valence-electron chi connectivity index (χ4n) is 1.72. The van der Waals surface area contributed by atoms with Gasteiger partial charge < -0.3 is 15.2 Å². The van der Waals surface area contributed by atoms with E-state index in [4.69, 9.17) is 9.84 Å². The molecule has 0 aliphatic rings. The second-order valence-corrected chi connectivity index (χ2v) is 4.17. The Morgan fingerprint density at radius 3 is 2.80 bits per heavy atom. The summed E-state index contributed by atoms with van der Waals surface area (Å²) in [4.78, 5) is 14.8. The number of anilines is 1. The molecule has 1 heterocycles. The molecular weight excluding hydrogens is 256 g/mol. The minimum Gasteiger partial charge on any atom is -0.494 e. The molecule has 2 N–H and O–H groups in total. The highest BCUT2D eigenvalue weighted by Gasteiger charge is 2.08. The number of benzene rings is 1. The molecular formula is C15H16N2O3. The van der Waals surface area contributed by atoms with Crippen molar-refractivity contribution in [3.05, 3.63) is 54.4 Å². The summed E-state index contributed by atoms with van der Waals surface area (Å²) in [5.74, 6) is -0.149. The van der Waals surface area contributed by atoms with E-state index in [2.05, 4.69) is 10.3 Å². The lowest BCUT2D eigenvalue weighted by Crippen LogP contribution is -2.10. The molecule has 0 saturated carbocycles. The van der Waals surface area contributed by atoms with Gasteiger partial charge in [0.15, 0.2) is 0 Å². The first kappa shape index (κ1) is 13.9. The topological polar surface area (TPSA) is 71.5 Å². The SMILES string of the molecule is O=C(O)c1cnccc1NCCCOc1ccccc1. The Labute approximate surface area is 117 Å². The molecule has 1 aromatic heterocycles. The van der Waals surface area contributed by atoms with E-state index in [-0.39, 0.29) is 5.56 Å². The number of aromatic carboxylic acids is 1. The molecule has 0 spiro atoms. The Kier molecular flexibility index (Phi) is 4.94. The van der Waals surface area contributed by atoms with Crippen LogP contribution in [-0.4, -0.2) is 29.2 Å². The number of pyridine rings is 1. The predicted molar refractivity (Wildman–Crippen MR) is 76.2 cm³/mol. The van der Waals surface area contributed by atoms with Crippen LogP contribution in [0.3, 0.4) is 0 Å². The second kappa shape index (κ2) is 7.13. The molecule has 0 bridgehead atoms. The van der Waals surface area contributed by atoms with Gasteiger partial charge >= 0.3 is 5.97 Å². The van der Waals surface area contributed by atoms with Crippen LogP contribution in [0.5, 0.6) is 5.75 Å². The first-order valence-corrected chi connectivity index (χ1v) is 6.36. The van der Waals surface area contributed by atoms with Gasteiger partial charge in [-0.05, 0) is 24.6 Å². The number of rotatable bonds is 7. The van der Waals surface area contributed by atoms with Crippen molar-refractivity contribution in [2.24, 2.45) is 0 Å². The average Bonchev–Trinajstić information content (AvgIpc) is 2.48. The number of nitrogens with one attached hydrogen (secondary N) is 1. The molecule has 20 heavy (non-hydrogen) atoms. The molecule has 104 valence electrons. The summed E-state index contributed by atoms with van der Waals surface area (Å²) in [6.07, 6.45) is 3.68. The van der Waals surface area contributed by atoms with Gasteiger partial charge in [0.05, 0.1) is 12.3 Å². The monoisotopic (exact) mass is 272 g/mol. The van der Waals surface area contributed by atoms with E-state index in [9.17, 15) is 4.79 Å². The van der Waals surface area contributed by atoms with Crippen LogP contribution in [0.2, 0.25) is 0 Å². The van der Waals surface area contributed by atoms with Gasteiger partial charge in [-0.3, -0.25) is 4.98 Å². The van der Waals surface area contributed by atoms with E-state index in [1.54, 1.807) is 12.3 Å². The summed E-state index contributed by atoms with van der Waals surface area (Å²) in [7, 11) is 0. The van der Waals surface area contributed by atoms with Crippen molar-refractivity contribution in [2.45, 2.75) is 6.42 Å². The highest BCUT2D eigenvalue weighted by Crippen LogP contribution is 2.13. The molecule has 2 aromatic rings. The summed E-state index contributed by atoms with van der Waals surface area (Å²) >= 11 is 0. The summed E-state index contributed by atoms with van der Waals surface area (Å²) in [5, 5.41) is 12.1. The number of hydrogen-bond donors (Lipinski definition) is 2. The highest BCUT2D eigenvalue weighted by atomic mass is 16.5. The quantitative estimate of drug-likeness (QED) is 0.758. The lowest BCUT2D eigenvalue weighted by molar-refractivity contribution is 0.0697. The van der Waals surface area contributed by atoms with Crippen LogP contribution in [0.25, 0.3) is 0 Å². The fourth-order valence-corrected chi connectivity index (χ4v) is 1.72. The van der Waals surface area contributed by atoms with E-state index >= 15 is 0 Å². The predicted octanol–water partition coefficient (Wildman–Crippen LogP) is 2.66. The third-order valence-electron chi connectivity index (χ3n) is 2.70. The molecule has 0 radical (unpaired) electrons. The van der Waals surface area contributed by atoms with Crippen LogP contribution in [-0.2, 0) is 0 Å². The lowest BCUT2D eigenvalue weighted by Gasteiger charge is -2.09. The molecule has 0 amide bonds. The van der Waals surface area contributed by atoms with Crippen LogP contribution >= 0.6 is 0 Å². The van der Waals surface area contributed by atoms with Crippen molar-refractivity contribution < 1.29 is 14.6 Å². The van der Waals surface area contributed by atoms with E-state index in [1.165, 1.54) is 6.20 Å². The molecule has 1 aromatic carbocycles. The molecule has 0 fully saturated rings. The standard InChI is InChI=1S/C15H16N2O3/c18-15(19)13-11-16-9-7-14(13)17-8-4-10-20-12-5-2-1-3-6-12/h1-3,5-7,9,11H,4,8,10H2,(H,16,17)(H,18,19). The number of para-hydroxylation sites is 1. The zero-order valence-electron chi connectivity index (χ0n) is 11.0. The summed E-state index contributed by atoms with van der Waals surface area (Å²) in [6, 6.07) is 11.2. The molecule has 0 aliphatic heterocycles. The summed E-state index contributed by atoms with van der Waals surface area (Å²) in [6.45, 7) is 1.21. The van der Waals surface area contributed by atoms with Gasteiger partial charge in [-0.15, -0.1) is 0 Å². The minimum absolute atomic E-state index is 0.177. The number of carboxylic acid groups (broad SMARTS) is 1. The third-order valence-corrected chi connectivity index (χ3v) is 2.70. The molecule has 0 aliphatic carbocycles. The van der Waals surface area contributed by atoms with Crippen LogP contribution in [0.1, 0.15) is 16.8 Å². The maximum Gasteiger partial charge on any atom is 0.339 e. The second-order valence-electron chi connectivity index (χ2n) is 4.17. The Morgan fingerprint density at radius 1 is 1.25 bits per heavy atom. The third kappa shape index (κ3) is 3.98. The van der Waals surface area contributed by atoms with E-state index in [1.807, 2.05) is 30.3 Å². The largest absolute Gasteiger partial charge is 0.494 e. The van der Waals surface area contributed by atoms with Gasteiger partial charge in [-0.2, -0.15) is 0 Å². The summed E-state index contributed by atoms with van der Waals surface area (Å²) in [5.41, 5.74) is 0.753. The minimum atomic E-state index is -0.985. The van der Waals surface area contributed by atoms with Crippen molar-refractivity contribution in [3.8, 4) is 5.75 Å². The number of ether oxygens (including phenoxy) is 1. The molecule has 5 nitrogen and oxygen atoms in total. The highest BCUT2D eigenvalue weighted by molar-refractivity contribution is 5.93. The molecule has 0 saturated heterocycles. The van der Waals surface area contributed by atoms with Crippen molar-refractivity contribution in [3.63, 3.8) is 0 Å². The Hall–Kier alpha value is -2.56. The van der Waals surface area contributed by atoms with E-state index in [0.29, 0.717) is 18.8 Å². The normalized spacial score (nSPS) is 10.0. The Morgan fingerprint density at radius 2 is 2.05 bits per heavy atom. The molecule has 5 heteroatoms. The van der Waals surface area contributed by atoms with Crippen LogP contribution in [0.4, 0.5) is 5.69 Å². The van der Waals surface area contributed by atoms with E-state index in [0.717, 1.165) is 12.2 Å². The van der Waals surface area contributed by atoms with Crippen molar-refractivity contribution in [2.75, 3.05) is 18.5 Å². The van der Waals surface area contributed by atoms with Gasteiger partial charge in [0.25, 0.3) is 0 Å². The zero-order chi connectivity index (χ0) is 14.2. The first-order valence-electron chi connectivity index (χ1n) is 6.36. The van der Waals surface area contributed by atoms with Gasteiger partial charge in [-0.25, -0.2) is 4.79 Å². The lowest BCUT2D eigenvalue weighted by atomic mass is 10.2. The number of nitrogens with zero attached hydrogens (tertiary/aromatic N) is 1. The van der Waals surface area contributed by atoms with Gasteiger partial charge in [-0.1, -0.05) is 18.2 Å². The van der Waals surface area contributed by atoms with Crippen LogP contribution < -0.4 is 10.1 Å². The maximum atomic E-state index is 11.0. The van der Waals surface area contributed by atoms with Gasteiger partial charge in [0.2, 0.25) is 0 Å².